The van der Waals surface area contributed by atoms with E-state index in [0.29, 0.717) is 24.4 Å². The molecule has 0 aliphatic heterocycles. The highest BCUT2D eigenvalue weighted by Crippen LogP contribution is 2.24. The molecule has 0 spiro atoms. The number of nitrogens with zero attached hydrogens (tertiary/aromatic N) is 1. The van der Waals surface area contributed by atoms with E-state index >= 15 is 0 Å². The van der Waals surface area contributed by atoms with Gasteiger partial charge in [-0.2, -0.15) is 0 Å². The van der Waals surface area contributed by atoms with Crippen molar-refractivity contribution in [2.24, 2.45) is 0 Å². The van der Waals surface area contributed by atoms with Gasteiger partial charge in [-0.05, 0) is 55.8 Å². The first-order valence-electron chi connectivity index (χ1n) is 11.3. The lowest BCUT2D eigenvalue weighted by Gasteiger charge is -2.21. The zero-order chi connectivity index (χ0) is 23.5. The largest absolute Gasteiger partial charge is 0.491 e. The molecule has 0 saturated carbocycles. The topological polar surface area (TPSA) is 70.7 Å². The number of hydrogen-bond donors (Lipinski definition) is 2. The Morgan fingerprint density at radius 3 is 2.42 bits per heavy atom. The molecule has 3 rings (SSSR count). The number of amides is 2. The van der Waals surface area contributed by atoms with Crippen LogP contribution in [-0.2, 0) is 4.79 Å². The molecule has 3 aromatic rings. The quantitative estimate of drug-likeness (QED) is 0.378. The van der Waals surface area contributed by atoms with Crippen molar-refractivity contribution in [3.63, 3.8) is 0 Å². The van der Waals surface area contributed by atoms with Crippen LogP contribution in [0.25, 0.3) is 0 Å². The number of rotatable bonds is 11. The summed E-state index contributed by atoms with van der Waals surface area (Å²) in [7, 11) is 0. The Kier molecular flexibility index (Phi) is 8.88. The molecular formula is C27H31N3O3. The minimum absolute atomic E-state index is 0.0808. The maximum Gasteiger partial charge on any atom is 0.258 e. The number of carbonyl (C=O) groups is 2. The van der Waals surface area contributed by atoms with Crippen molar-refractivity contribution in [2.75, 3.05) is 35.2 Å². The molecule has 0 bridgehead atoms. The molecule has 3 aromatic carbocycles. The zero-order valence-corrected chi connectivity index (χ0v) is 19.2. The van der Waals surface area contributed by atoms with E-state index < -0.39 is 0 Å². The lowest BCUT2D eigenvalue weighted by molar-refractivity contribution is -0.114. The molecule has 0 heterocycles. The Morgan fingerprint density at radius 2 is 1.67 bits per heavy atom. The fourth-order valence-corrected chi connectivity index (χ4v) is 3.38. The predicted octanol–water partition coefficient (Wildman–Crippen LogP) is 5.58. The molecule has 0 radical (unpaired) electrons. The van der Waals surface area contributed by atoms with E-state index in [1.54, 1.807) is 29.2 Å². The normalized spacial score (nSPS) is 10.4. The Hall–Kier alpha value is -3.80. The number of ether oxygens (including phenoxy) is 1. The van der Waals surface area contributed by atoms with Gasteiger partial charge in [-0.3, -0.25) is 9.59 Å². The molecule has 0 fully saturated rings. The second kappa shape index (κ2) is 12.3. The minimum Gasteiger partial charge on any atom is -0.491 e. The van der Waals surface area contributed by atoms with E-state index in [9.17, 15) is 9.59 Å². The smallest absolute Gasteiger partial charge is 0.258 e. The Bertz CT molecular complexity index is 1050. The summed E-state index contributed by atoms with van der Waals surface area (Å²) in [6.07, 6.45) is 2.03. The average Bonchev–Trinajstić information content (AvgIpc) is 2.85. The van der Waals surface area contributed by atoms with Gasteiger partial charge in [-0.25, -0.2) is 0 Å². The second-order valence-electron chi connectivity index (χ2n) is 7.57. The average molecular weight is 446 g/mol. The van der Waals surface area contributed by atoms with E-state index in [-0.39, 0.29) is 18.4 Å². The third kappa shape index (κ3) is 6.84. The van der Waals surface area contributed by atoms with Crippen molar-refractivity contribution in [3.05, 3.63) is 84.4 Å². The summed E-state index contributed by atoms with van der Waals surface area (Å²) in [6, 6.07) is 24.1. The predicted molar refractivity (Wildman–Crippen MR) is 134 cm³/mol. The van der Waals surface area contributed by atoms with E-state index in [1.165, 1.54) is 0 Å². The summed E-state index contributed by atoms with van der Waals surface area (Å²) < 4.78 is 5.80. The van der Waals surface area contributed by atoms with Gasteiger partial charge in [0.15, 0.2) is 0 Å². The van der Waals surface area contributed by atoms with E-state index in [2.05, 4.69) is 17.6 Å². The number of benzene rings is 3. The van der Waals surface area contributed by atoms with Crippen LogP contribution in [0.3, 0.4) is 0 Å². The van der Waals surface area contributed by atoms with E-state index in [4.69, 9.17) is 4.74 Å². The Morgan fingerprint density at radius 1 is 0.909 bits per heavy atom. The van der Waals surface area contributed by atoms with Crippen LogP contribution in [-0.4, -0.2) is 31.5 Å². The van der Waals surface area contributed by atoms with Crippen molar-refractivity contribution in [1.29, 1.82) is 0 Å². The van der Waals surface area contributed by atoms with Crippen LogP contribution in [0.5, 0.6) is 5.75 Å². The number of unbranched alkanes of at least 4 members (excludes halogenated alkanes) is 1. The summed E-state index contributed by atoms with van der Waals surface area (Å²) in [5.74, 6) is 0.404. The molecule has 0 atom stereocenters. The van der Waals surface area contributed by atoms with Crippen molar-refractivity contribution >= 4 is 28.9 Å². The molecular weight excluding hydrogens is 414 g/mol. The maximum absolute atomic E-state index is 13.1. The van der Waals surface area contributed by atoms with Gasteiger partial charge < -0.3 is 20.3 Å². The fourth-order valence-electron chi connectivity index (χ4n) is 3.38. The highest BCUT2D eigenvalue weighted by Gasteiger charge is 2.16. The lowest BCUT2D eigenvalue weighted by Crippen LogP contribution is -2.30. The Balaban J connectivity index is 1.61. The Labute approximate surface area is 195 Å². The van der Waals surface area contributed by atoms with Gasteiger partial charge in [0.05, 0.1) is 18.8 Å². The second-order valence-corrected chi connectivity index (χ2v) is 7.57. The minimum atomic E-state index is -0.210. The molecule has 2 N–H and O–H groups in total. The van der Waals surface area contributed by atoms with Crippen molar-refractivity contribution in [2.45, 2.75) is 26.7 Å². The van der Waals surface area contributed by atoms with Crippen LogP contribution >= 0.6 is 0 Å². The molecule has 0 aromatic heterocycles. The third-order valence-corrected chi connectivity index (χ3v) is 5.10. The van der Waals surface area contributed by atoms with Gasteiger partial charge >= 0.3 is 0 Å². The summed E-state index contributed by atoms with van der Waals surface area (Å²) in [4.78, 5) is 27.3. The van der Waals surface area contributed by atoms with Crippen LogP contribution < -0.4 is 20.3 Å². The van der Waals surface area contributed by atoms with Crippen LogP contribution in [0.1, 0.15) is 37.0 Å². The number of carbonyl (C=O) groups excluding carboxylic acids is 2. The van der Waals surface area contributed by atoms with Crippen LogP contribution in [0.4, 0.5) is 17.1 Å². The molecule has 6 heteroatoms. The van der Waals surface area contributed by atoms with Gasteiger partial charge in [0.25, 0.3) is 5.91 Å². The maximum atomic E-state index is 13.1. The van der Waals surface area contributed by atoms with Crippen LogP contribution in [0.15, 0.2) is 78.9 Å². The number of nitrogens with one attached hydrogen (secondary N) is 2. The highest BCUT2D eigenvalue weighted by molar-refractivity contribution is 6.07. The lowest BCUT2D eigenvalue weighted by atomic mass is 10.1. The summed E-state index contributed by atoms with van der Waals surface area (Å²) in [5, 5.41) is 6.00. The molecule has 172 valence electrons. The summed E-state index contributed by atoms with van der Waals surface area (Å²) >= 11 is 0. The van der Waals surface area contributed by atoms with Gasteiger partial charge in [-0.15, -0.1) is 0 Å². The molecule has 33 heavy (non-hydrogen) atoms. The number of anilines is 3. The number of para-hydroxylation sites is 3. The molecule has 0 aliphatic rings. The molecule has 0 unspecified atom stereocenters. The highest BCUT2D eigenvalue weighted by atomic mass is 16.5. The first kappa shape index (κ1) is 23.9. The number of hydrogen-bond acceptors (Lipinski definition) is 4. The zero-order valence-electron chi connectivity index (χ0n) is 19.2. The van der Waals surface area contributed by atoms with Gasteiger partial charge in [0.2, 0.25) is 5.91 Å². The van der Waals surface area contributed by atoms with Gasteiger partial charge in [0, 0.05) is 23.5 Å². The first-order valence-corrected chi connectivity index (χ1v) is 11.3. The SMILES string of the molecule is CCCCOc1ccccc1NCC(=O)Nc1cccc(C(=O)N(CC)c2ccccc2)c1. The first-order chi connectivity index (χ1) is 16.1. The molecule has 0 saturated heterocycles. The molecule has 0 aliphatic carbocycles. The van der Waals surface area contributed by atoms with E-state index in [0.717, 1.165) is 30.0 Å². The van der Waals surface area contributed by atoms with Gasteiger partial charge in [-0.1, -0.05) is 49.7 Å². The van der Waals surface area contributed by atoms with Crippen LogP contribution in [0.2, 0.25) is 0 Å². The van der Waals surface area contributed by atoms with Crippen LogP contribution in [0, 0.1) is 0 Å². The van der Waals surface area contributed by atoms with Crippen molar-refractivity contribution in [3.8, 4) is 5.75 Å². The summed E-state index contributed by atoms with van der Waals surface area (Å²) in [5.41, 5.74) is 2.70. The molecule has 6 nitrogen and oxygen atoms in total. The third-order valence-electron chi connectivity index (χ3n) is 5.10. The van der Waals surface area contributed by atoms with Crippen molar-refractivity contribution in [1.82, 2.24) is 0 Å². The fraction of sp³-hybridized carbons (Fsp3) is 0.259. The van der Waals surface area contributed by atoms with Crippen molar-refractivity contribution < 1.29 is 14.3 Å². The van der Waals surface area contributed by atoms with Gasteiger partial charge in [0.1, 0.15) is 5.75 Å². The monoisotopic (exact) mass is 445 g/mol. The molecule has 2 amide bonds. The standard InChI is InChI=1S/C27H31N3O3/c1-3-5-18-33-25-17-10-9-16-24(25)28-20-26(31)29-22-13-11-12-21(19-22)27(32)30(4-2)23-14-7-6-8-15-23/h6-17,19,28H,3-5,18,20H2,1-2H3,(H,29,31). The summed E-state index contributed by atoms with van der Waals surface area (Å²) in [6.45, 7) is 5.31. The van der Waals surface area contributed by atoms with E-state index in [1.807, 2.05) is 61.5 Å².